The van der Waals surface area contributed by atoms with Gasteiger partial charge >= 0.3 is 24.1 Å². The Morgan fingerprint density at radius 2 is 0.915 bits per heavy atom. The molecule has 2 aromatic carbocycles. The van der Waals surface area contributed by atoms with E-state index >= 15 is 0 Å². The van der Waals surface area contributed by atoms with Crippen LogP contribution in [0.15, 0.2) is 110 Å². The quantitative estimate of drug-likeness (QED) is 0.163. The third-order valence-electron chi connectivity index (χ3n) is 6.46. The lowest BCUT2D eigenvalue weighted by Crippen LogP contribution is -3.00. The van der Waals surface area contributed by atoms with E-state index in [1.54, 1.807) is 33.9 Å². The van der Waals surface area contributed by atoms with E-state index in [4.69, 9.17) is 19.7 Å². The topological polar surface area (TPSA) is 159 Å². The summed E-state index contributed by atoms with van der Waals surface area (Å²) in [7, 11) is 0. The number of alkyl carbamates (subject to hydrolysis) is 2. The van der Waals surface area contributed by atoms with Gasteiger partial charge in [0.15, 0.2) is 24.8 Å². The number of carboxylic acid groups (broad SMARTS) is 2. The number of aromatic nitrogens is 2. The summed E-state index contributed by atoms with van der Waals surface area (Å²) in [6.45, 7) is 3.85. The number of hydrogen-bond donors (Lipinski definition) is 4. The van der Waals surface area contributed by atoms with E-state index in [9.17, 15) is 19.2 Å². The molecule has 0 spiro atoms. The van der Waals surface area contributed by atoms with Crippen LogP contribution in [0.1, 0.15) is 45.7 Å². The summed E-state index contributed by atoms with van der Waals surface area (Å²) in [4.78, 5) is 45.0. The Bertz CT molecular complexity index is 1440. The summed E-state index contributed by atoms with van der Waals surface area (Å²) in [5.74, 6) is -1.99. The SMILES string of the molecule is C[C@@H](Cc1ccccc1)NC(=O)OC[n+]1ccc(C(=O)O)cc1.C[C@@H](Cc1ccccc1)NC(=O)OC[n+]1ccc(C(=O)O)cc1.[Cl-]. The van der Waals surface area contributed by atoms with Gasteiger partial charge in [0, 0.05) is 36.3 Å². The standard InChI is InChI=1S/2C17H18N2O4.ClH/c2*1-13(11-14-5-3-2-4-6-14)18-17(22)23-12-19-9-7-15(8-10-19)16(20)21;/h2*2-10,13H,11-12H2,1H3,(H-,18,20,21,22);1H/p+1/t2*13-;/m00./s1. The molecule has 2 aromatic heterocycles. The third kappa shape index (κ3) is 14.4. The molecule has 0 aliphatic rings. The van der Waals surface area contributed by atoms with Crippen molar-refractivity contribution in [1.29, 1.82) is 0 Å². The van der Waals surface area contributed by atoms with Crippen molar-refractivity contribution in [2.75, 3.05) is 0 Å². The fourth-order valence-electron chi connectivity index (χ4n) is 4.16. The molecule has 2 heterocycles. The number of rotatable bonds is 12. The molecule has 0 fully saturated rings. The lowest BCUT2D eigenvalue weighted by atomic mass is 10.1. The van der Waals surface area contributed by atoms with Gasteiger partial charge in [0.05, 0.1) is 11.1 Å². The molecule has 248 valence electrons. The van der Waals surface area contributed by atoms with Crippen LogP contribution in [0.25, 0.3) is 0 Å². The molecule has 0 saturated carbocycles. The van der Waals surface area contributed by atoms with Gasteiger partial charge in [-0.15, -0.1) is 0 Å². The number of nitrogens with one attached hydrogen (secondary N) is 2. The van der Waals surface area contributed by atoms with Crippen LogP contribution in [0, 0.1) is 0 Å². The van der Waals surface area contributed by atoms with Gasteiger partial charge in [-0.2, -0.15) is 9.13 Å². The number of carbonyl (C=O) groups is 4. The van der Waals surface area contributed by atoms with Crippen molar-refractivity contribution in [2.24, 2.45) is 0 Å². The predicted molar refractivity (Wildman–Crippen MR) is 166 cm³/mol. The normalized spacial score (nSPS) is 11.3. The van der Waals surface area contributed by atoms with E-state index in [0.29, 0.717) is 0 Å². The van der Waals surface area contributed by atoms with Crippen LogP contribution in [0.3, 0.4) is 0 Å². The van der Waals surface area contributed by atoms with E-state index in [2.05, 4.69) is 10.6 Å². The second-order valence-corrected chi connectivity index (χ2v) is 10.4. The van der Waals surface area contributed by atoms with Crippen molar-refractivity contribution < 1.29 is 60.4 Å². The fourth-order valence-corrected chi connectivity index (χ4v) is 4.16. The molecule has 0 aliphatic heterocycles. The highest BCUT2D eigenvalue weighted by atomic mass is 35.5. The molecule has 4 rings (SSSR count). The van der Waals surface area contributed by atoms with Crippen LogP contribution in [0.5, 0.6) is 0 Å². The van der Waals surface area contributed by atoms with Crippen LogP contribution in [0.2, 0.25) is 0 Å². The summed E-state index contributed by atoms with van der Waals surface area (Å²) in [6.07, 6.45) is 6.60. The number of benzene rings is 2. The second kappa shape index (κ2) is 19.8. The number of pyridine rings is 2. The molecule has 0 saturated heterocycles. The van der Waals surface area contributed by atoms with E-state index < -0.39 is 24.1 Å². The van der Waals surface area contributed by atoms with Gasteiger partial charge in [0.25, 0.3) is 13.5 Å². The monoisotopic (exact) mass is 665 g/mol. The maximum Gasteiger partial charge on any atom is 0.412 e. The van der Waals surface area contributed by atoms with Crippen LogP contribution in [0.4, 0.5) is 9.59 Å². The molecule has 0 aliphatic carbocycles. The predicted octanol–water partition coefficient (Wildman–Crippen LogP) is 0.978. The Labute approximate surface area is 279 Å². The highest BCUT2D eigenvalue weighted by Crippen LogP contribution is 2.04. The van der Waals surface area contributed by atoms with Crippen molar-refractivity contribution in [3.8, 4) is 0 Å². The number of ether oxygens (including phenoxy) is 2. The maximum atomic E-state index is 11.8. The first-order valence-corrected chi connectivity index (χ1v) is 14.5. The first-order chi connectivity index (χ1) is 22.1. The Kier molecular flexibility index (Phi) is 15.9. The number of amides is 2. The summed E-state index contributed by atoms with van der Waals surface area (Å²) in [6, 6.07) is 25.4. The Morgan fingerprint density at radius 3 is 1.21 bits per heavy atom. The van der Waals surface area contributed by atoms with Gasteiger partial charge in [-0.1, -0.05) is 60.7 Å². The van der Waals surface area contributed by atoms with Crippen LogP contribution in [-0.2, 0) is 35.8 Å². The minimum Gasteiger partial charge on any atom is -1.00 e. The average molecular weight is 666 g/mol. The van der Waals surface area contributed by atoms with Gasteiger partial charge < -0.3 is 42.7 Å². The number of halogens is 1. The fraction of sp³-hybridized carbons (Fsp3) is 0.235. The number of aromatic carboxylic acids is 2. The molecule has 12 nitrogen and oxygen atoms in total. The first kappa shape index (κ1) is 37.7. The van der Waals surface area contributed by atoms with Crippen LogP contribution < -0.4 is 32.2 Å². The third-order valence-corrected chi connectivity index (χ3v) is 6.46. The number of carboxylic acids is 2. The van der Waals surface area contributed by atoms with E-state index in [1.807, 2.05) is 74.5 Å². The van der Waals surface area contributed by atoms with E-state index in [0.717, 1.165) is 24.0 Å². The lowest BCUT2D eigenvalue weighted by Gasteiger charge is -2.13. The smallest absolute Gasteiger partial charge is 0.412 e. The van der Waals surface area contributed by atoms with Crippen molar-refractivity contribution in [2.45, 2.75) is 52.2 Å². The number of hydrogen-bond acceptors (Lipinski definition) is 6. The summed E-state index contributed by atoms with van der Waals surface area (Å²) in [5, 5.41) is 23.1. The van der Waals surface area contributed by atoms with Gasteiger partial charge in [-0.25, -0.2) is 19.2 Å². The number of carbonyl (C=O) groups excluding carboxylic acids is 2. The zero-order chi connectivity index (χ0) is 33.3. The molecule has 4 N–H and O–H groups in total. The van der Waals surface area contributed by atoms with Crippen LogP contribution >= 0.6 is 0 Å². The van der Waals surface area contributed by atoms with Gasteiger partial charge in [0.1, 0.15) is 0 Å². The van der Waals surface area contributed by atoms with Crippen molar-refractivity contribution in [3.05, 3.63) is 132 Å². The maximum absolute atomic E-state index is 11.8. The zero-order valence-electron chi connectivity index (χ0n) is 26.0. The first-order valence-electron chi connectivity index (χ1n) is 14.5. The molecule has 47 heavy (non-hydrogen) atoms. The minimum absolute atomic E-state index is 0. The largest absolute Gasteiger partial charge is 1.00 e. The number of nitrogens with zero attached hydrogens (tertiary/aromatic N) is 2. The summed E-state index contributed by atoms with van der Waals surface area (Å²) in [5.41, 5.74) is 2.64. The molecule has 2 atom stereocenters. The Hall–Kier alpha value is -5.49. The van der Waals surface area contributed by atoms with Gasteiger partial charge in [-0.05, 0) is 37.8 Å². The zero-order valence-corrected chi connectivity index (χ0v) is 26.7. The summed E-state index contributed by atoms with van der Waals surface area (Å²) >= 11 is 0. The molecule has 0 radical (unpaired) electrons. The average Bonchev–Trinajstić information content (AvgIpc) is 3.04. The molecular formula is C34H38ClN4O8+. The summed E-state index contributed by atoms with van der Waals surface area (Å²) < 4.78 is 13.4. The van der Waals surface area contributed by atoms with Gasteiger partial charge in [-0.3, -0.25) is 0 Å². The van der Waals surface area contributed by atoms with E-state index in [-0.39, 0.29) is 49.1 Å². The van der Waals surface area contributed by atoms with Crippen LogP contribution in [-0.4, -0.2) is 46.4 Å². The van der Waals surface area contributed by atoms with Gasteiger partial charge in [0.2, 0.25) is 0 Å². The molecular weight excluding hydrogens is 628 g/mol. The highest BCUT2D eigenvalue weighted by molar-refractivity contribution is 5.87. The molecule has 0 unspecified atom stereocenters. The highest BCUT2D eigenvalue weighted by Gasteiger charge is 2.13. The Morgan fingerprint density at radius 1 is 0.596 bits per heavy atom. The molecule has 0 bridgehead atoms. The second-order valence-electron chi connectivity index (χ2n) is 10.4. The van der Waals surface area contributed by atoms with Crippen molar-refractivity contribution >= 4 is 24.1 Å². The minimum atomic E-state index is -0.995. The van der Waals surface area contributed by atoms with E-state index in [1.165, 1.54) is 24.3 Å². The Balaban J connectivity index is 0.000000320. The molecule has 4 aromatic rings. The van der Waals surface area contributed by atoms with Crippen molar-refractivity contribution in [1.82, 2.24) is 10.6 Å². The molecule has 2 amide bonds. The van der Waals surface area contributed by atoms with Crippen molar-refractivity contribution in [3.63, 3.8) is 0 Å². The lowest BCUT2D eigenvalue weighted by molar-refractivity contribution is -0.727. The molecule has 13 heteroatoms.